The van der Waals surface area contributed by atoms with Gasteiger partial charge in [0.05, 0.1) is 18.0 Å². The average molecular weight is 418 g/mol. The maximum Gasteiger partial charge on any atom is 0.254 e. The molecule has 0 unspecified atom stereocenters. The third-order valence-electron chi connectivity index (χ3n) is 5.73. The molecule has 1 N–H and O–H groups in total. The lowest BCUT2D eigenvalue weighted by Crippen LogP contribution is -2.32. The Morgan fingerprint density at radius 2 is 1.97 bits per heavy atom. The summed E-state index contributed by atoms with van der Waals surface area (Å²) in [5, 5.41) is 8.85. The minimum atomic E-state index is -3.42. The molecule has 1 fully saturated rings. The number of likely N-dealkylation sites (tertiary alicyclic amines) is 1. The first-order valence-electron chi connectivity index (χ1n) is 10.1. The fourth-order valence-electron chi connectivity index (χ4n) is 4.26. The van der Waals surface area contributed by atoms with Crippen LogP contribution in [0.3, 0.4) is 0 Å². The summed E-state index contributed by atoms with van der Waals surface area (Å²) in [5.74, 6) is 1.80. The summed E-state index contributed by atoms with van der Waals surface area (Å²) < 4.78 is 28.0. The van der Waals surface area contributed by atoms with Crippen LogP contribution in [0.4, 0.5) is 5.69 Å². The highest BCUT2D eigenvalue weighted by Crippen LogP contribution is 2.34. The second-order valence-electron chi connectivity index (χ2n) is 8.00. The van der Waals surface area contributed by atoms with Crippen LogP contribution in [-0.2, 0) is 23.0 Å². The Morgan fingerprint density at radius 3 is 2.76 bits per heavy atom. The van der Waals surface area contributed by atoms with Crippen LogP contribution in [0.1, 0.15) is 65.7 Å². The number of rotatable bonds is 4. The maximum absolute atomic E-state index is 13.3. The van der Waals surface area contributed by atoms with Gasteiger partial charge in [0.25, 0.3) is 5.91 Å². The second-order valence-corrected chi connectivity index (χ2v) is 9.75. The van der Waals surface area contributed by atoms with Gasteiger partial charge in [-0.3, -0.25) is 9.52 Å². The minimum Gasteiger partial charge on any atom is -0.328 e. The van der Waals surface area contributed by atoms with Crippen molar-refractivity contribution in [2.45, 2.75) is 58.0 Å². The molecular weight excluding hydrogens is 390 g/mol. The third kappa shape index (κ3) is 4.14. The molecule has 1 amide bonds. The van der Waals surface area contributed by atoms with Gasteiger partial charge in [-0.1, -0.05) is 12.5 Å². The second kappa shape index (κ2) is 7.78. The fraction of sp³-hybridized carbons (Fsp3) is 0.550. The molecule has 3 heterocycles. The van der Waals surface area contributed by atoms with Crippen LogP contribution in [0, 0.1) is 6.92 Å². The minimum absolute atomic E-state index is 0.0885. The van der Waals surface area contributed by atoms with Gasteiger partial charge in [0.15, 0.2) is 5.82 Å². The van der Waals surface area contributed by atoms with E-state index in [1.54, 1.807) is 18.2 Å². The van der Waals surface area contributed by atoms with Crippen LogP contribution in [0.25, 0.3) is 0 Å². The van der Waals surface area contributed by atoms with Crippen molar-refractivity contribution in [3.05, 3.63) is 41.0 Å². The normalized spacial score (nSPS) is 19.7. The van der Waals surface area contributed by atoms with E-state index in [2.05, 4.69) is 19.5 Å². The van der Waals surface area contributed by atoms with Crippen molar-refractivity contribution in [3.8, 4) is 0 Å². The Hall–Kier alpha value is -2.42. The lowest BCUT2D eigenvalue weighted by molar-refractivity contribution is 0.0727. The van der Waals surface area contributed by atoms with Gasteiger partial charge in [-0.15, -0.1) is 10.2 Å². The van der Waals surface area contributed by atoms with E-state index in [1.165, 1.54) is 6.42 Å². The smallest absolute Gasteiger partial charge is 0.254 e. The number of aromatic nitrogens is 3. The van der Waals surface area contributed by atoms with Crippen LogP contribution in [-0.4, -0.2) is 46.8 Å². The molecule has 2 aliphatic rings. The highest BCUT2D eigenvalue weighted by molar-refractivity contribution is 7.92. The van der Waals surface area contributed by atoms with Gasteiger partial charge in [-0.25, -0.2) is 8.42 Å². The van der Waals surface area contributed by atoms with Gasteiger partial charge >= 0.3 is 0 Å². The summed E-state index contributed by atoms with van der Waals surface area (Å²) in [7, 11) is -3.42. The molecule has 0 saturated carbocycles. The summed E-state index contributed by atoms with van der Waals surface area (Å²) in [6.07, 6.45) is 7.25. The Bertz CT molecular complexity index is 1030. The molecule has 29 heavy (non-hydrogen) atoms. The number of amides is 1. The number of sulfonamides is 1. The fourth-order valence-corrected chi connectivity index (χ4v) is 4.88. The number of nitrogens with one attached hydrogen (secondary N) is 1. The largest absolute Gasteiger partial charge is 0.328 e. The Morgan fingerprint density at radius 1 is 1.14 bits per heavy atom. The van der Waals surface area contributed by atoms with Gasteiger partial charge in [0.1, 0.15) is 5.82 Å². The number of hydrogen-bond donors (Lipinski definition) is 1. The van der Waals surface area contributed by atoms with Crippen molar-refractivity contribution in [2.24, 2.45) is 0 Å². The standard InChI is InChI=1S/C20H27N5O3S/c1-14-9-10-15(13-16(14)23-29(2,27)28)20(26)24-12-6-7-17(24)19-22-21-18-8-4-3-5-11-25(18)19/h9-10,13,17,23H,3-8,11-12H2,1-2H3/t17-/m1/s1. The summed E-state index contributed by atoms with van der Waals surface area (Å²) in [6.45, 7) is 3.38. The predicted octanol–water partition coefficient (Wildman–Crippen LogP) is 2.66. The molecule has 0 bridgehead atoms. The lowest BCUT2D eigenvalue weighted by atomic mass is 10.1. The van der Waals surface area contributed by atoms with Crippen LogP contribution < -0.4 is 4.72 Å². The van der Waals surface area contributed by atoms with Gasteiger partial charge in [-0.2, -0.15) is 0 Å². The van der Waals surface area contributed by atoms with Gasteiger partial charge < -0.3 is 9.47 Å². The van der Waals surface area contributed by atoms with E-state index in [0.717, 1.165) is 62.1 Å². The monoisotopic (exact) mass is 417 g/mol. The van der Waals surface area contributed by atoms with E-state index in [0.29, 0.717) is 17.8 Å². The third-order valence-corrected chi connectivity index (χ3v) is 6.32. The number of aryl methyl sites for hydroxylation is 2. The summed E-state index contributed by atoms with van der Waals surface area (Å²) in [4.78, 5) is 15.2. The van der Waals surface area contributed by atoms with Crippen molar-refractivity contribution in [1.82, 2.24) is 19.7 Å². The van der Waals surface area contributed by atoms with Crippen LogP contribution in [0.15, 0.2) is 18.2 Å². The topological polar surface area (TPSA) is 97.2 Å². The number of carbonyl (C=O) groups is 1. The Kier molecular flexibility index (Phi) is 5.33. The highest BCUT2D eigenvalue weighted by Gasteiger charge is 2.35. The van der Waals surface area contributed by atoms with E-state index in [1.807, 2.05) is 11.8 Å². The average Bonchev–Trinajstić information content (AvgIpc) is 3.22. The summed E-state index contributed by atoms with van der Waals surface area (Å²) in [6, 6.07) is 5.06. The maximum atomic E-state index is 13.3. The molecule has 0 spiro atoms. The molecule has 0 radical (unpaired) electrons. The molecule has 1 atom stereocenters. The van der Waals surface area contributed by atoms with Crippen LogP contribution in [0.5, 0.6) is 0 Å². The van der Waals surface area contributed by atoms with E-state index in [9.17, 15) is 13.2 Å². The number of fused-ring (bicyclic) bond motifs is 1. The molecule has 1 saturated heterocycles. The summed E-state index contributed by atoms with van der Waals surface area (Å²) >= 11 is 0. The van der Waals surface area contributed by atoms with E-state index in [4.69, 9.17) is 0 Å². The molecular formula is C20H27N5O3S. The summed E-state index contributed by atoms with van der Waals surface area (Å²) in [5.41, 5.74) is 1.68. The van der Waals surface area contributed by atoms with Crippen molar-refractivity contribution in [1.29, 1.82) is 0 Å². The van der Waals surface area contributed by atoms with E-state index in [-0.39, 0.29) is 11.9 Å². The van der Waals surface area contributed by atoms with Crippen LogP contribution in [0.2, 0.25) is 0 Å². The van der Waals surface area contributed by atoms with E-state index < -0.39 is 10.0 Å². The molecule has 4 rings (SSSR count). The zero-order chi connectivity index (χ0) is 20.6. The molecule has 156 valence electrons. The molecule has 1 aromatic carbocycles. The SMILES string of the molecule is Cc1ccc(C(=O)N2CCC[C@@H]2c2nnc3n2CCCCC3)cc1NS(C)(=O)=O. The molecule has 1 aromatic heterocycles. The zero-order valence-corrected chi connectivity index (χ0v) is 17.7. The first-order chi connectivity index (χ1) is 13.8. The number of carbonyl (C=O) groups excluding carboxylic acids is 1. The Labute approximate surface area is 171 Å². The molecule has 2 aliphatic heterocycles. The number of nitrogens with zero attached hydrogens (tertiary/aromatic N) is 4. The Balaban J connectivity index is 1.62. The molecule has 0 aliphatic carbocycles. The first-order valence-corrected chi connectivity index (χ1v) is 12.0. The predicted molar refractivity (Wildman–Crippen MR) is 110 cm³/mol. The van der Waals surface area contributed by atoms with Crippen molar-refractivity contribution < 1.29 is 13.2 Å². The van der Waals surface area contributed by atoms with Crippen molar-refractivity contribution >= 4 is 21.6 Å². The molecule has 2 aromatic rings. The van der Waals surface area contributed by atoms with Crippen LogP contribution >= 0.6 is 0 Å². The van der Waals surface area contributed by atoms with Crippen molar-refractivity contribution in [2.75, 3.05) is 17.5 Å². The highest BCUT2D eigenvalue weighted by atomic mass is 32.2. The number of anilines is 1. The van der Waals surface area contributed by atoms with Crippen molar-refractivity contribution in [3.63, 3.8) is 0 Å². The molecule has 9 heteroatoms. The number of benzene rings is 1. The molecule has 8 nitrogen and oxygen atoms in total. The quantitative estimate of drug-likeness (QED) is 0.825. The lowest BCUT2D eigenvalue weighted by Gasteiger charge is -2.25. The number of hydrogen-bond acceptors (Lipinski definition) is 5. The first kappa shape index (κ1) is 19.9. The zero-order valence-electron chi connectivity index (χ0n) is 16.9. The van der Waals surface area contributed by atoms with E-state index >= 15 is 0 Å². The van der Waals surface area contributed by atoms with Gasteiger partial charge in [0.2, 0.25) is 10.0 Å². The van der Waals surface area contributed by atoms with Gasteiger partial charge in [0, 0.05) is 25.1 Å². The van der Waals surface area contributed by atoms with Gasteiger partial charge in [-0.05, 0) is 50.3 Å².